The smallest absolute Gasteiger partial charge is 0.237 e. The molecule has 0 bridgehead atoms. The van der Waals surface area contributed by atoms with Gasteiger partial charge in [0.1, 0.15) is 11.5 Å². The Bertz CT molecular complexity index is 865. The number of aliphatic hydroxyl groups is 4. The van der Waals surface area contributed by atoms with Crippen LogP contribution in [0.1, 0.15) is 39.5 Å². The van der Waals surface area contributed by atoms with Crippen molar-refractivity contribution in [3.8, 4) is 0 Å². The highest BCUT2D eigenvalue weighted by molar-refractivity contribution is 6.56. The van der Waals surface area contributed by atoms with Crippen LogP contribution < -0.4 is 0 Å². The summed E-state index contributed by atoms with van der Waals surface area (Å²) >= 11 is 0. The summed E-state index contributed by atoms with van der Waals surface area (Å²) in [7, 11) is 0. The molecule has 0 aromatic carbocycles. The van der Waals surface area contributed by atoms with Gasteiger partial charge in [0.2, 0.25) is 23.1 Å². The molecule has 0 radical (unpaired) electrons. The third-order valence-electron chi connectivity index (χ3n) is 4.52. The second kappa shape index (κ2) is 8.45. The summed E-state index contributed by atoms with van der Waals surface area (Å²) < 4.78 is 0. The van der Waals surface area contributed by atoms with Crippen molar-refractivity contribution in [1.29, 1.82) is 0 Å². The van der Waals surface area contributed by atoms with Gasteiger partial charge < -0.3 is 20.4 Å². The highest BCUT2D eigenvalue weighted by Gasteiger charge is 2.39. The lowest BCUT2D eigenvalue weighted by atomic mass is 9.80. The van der Waals surface area contributed by atoms with Crippen LogP contribution in [-0.4, -0.2) is 55.8 Å². The van der Waals surface area contributed by atoms with Crippen LogP contribution in [0, 0.1) is 0 Å². The van der Waals surface area contributed by atoms with Gasteiger partial charge in [-0.2, -0.15) is 0 Å². The summed E-state index contributed by atoms with van der Waals surface area (Å²) in [6.45, 7) is 3.00. The Kier molecular flexibility index (Phi) is 6.48. The highest BCUT2D eigenvalue weighted by atomic mass is 16.3. The molecule has 0 heterocycles. The molecule has 2 unspecified atom stereocenters. The molecular formula is C20H22O8. The molecule has 2 aliphatic carbocycles. The fourth-order valence-electron chi connectivity index (χ4n) is 3.01. The lowest BCUT2D eigenvalue weighted by Crippen LogP contribution is -2.31. The predicted molar refractivity (Wildman–Crippen MR) is 97.3 cm³/mol. The van der Waals surface area contributed by atoms with Crippen molar-refractivity contribution in [2.24, 2.45) is 0 Å². The van der Waals surface area contributed by atoms with Gasteiger partial charge in [-0.3, -0.25) is 19.2 Å². The SMILES string of the molecule is CC(O)CCC1=CC(=O)C(=O)C(C2=C(CCC(C)O)C(O)=CC(=O)C2=O)=C1O. The molecule has 0 aliphatic heterocycles. The second-order valence-corrected chi connectivity index (χ2v) is 6.94. The van der Waals surface area contributed by atoms with Gasteiger partial charge in [0, 0.05) is 17.2 Å². The number of hydrogen-bond donors (Lipinski definition) is 4. The predicted octanol–water partition coefficient (Wildman–Crippen LogP) is 1.09. The average molecular weight is 390 g/mol. The zero-order valence-electron chi connectivity index (χ0n) is 15.6. The van der Waals surface area contributed by atoms with E-state index in [0.717, 1.165) is 6.08 Å². The number of hydrogen-bond acceptors (Lipinski definition) is 8. The summed E-state index contributed by atoms with van der Waals surface area (Å²) in [6, 6.07) is 0. The van der Waals surface area contributed by atoms with Gasteiger partial charge in [0.15, 0.2) is 0 Å². The van der Waals surface area contributed by atoms with Crippen LogP contribution in [0.25, 0.3) is 0 Å². The minimum Gasteiger partial charge on any atom is -0.508 e. The molecule has 2 rings (SSSR count). The van der Waals surface area contributed by atoms with Gasteiger partial charge in [0.05, 0.1) is 17.8 Å². The molecule has 2 atom stereocenters. The van der Waals surface area contributed by atoms with Crippen molar-refractivity contribution in [1.82, 2.24) is 0 Å². The molecule has 2 aliphatic rings. The summed E-state index contributed by atoms with van der Waals surface area (Å²) in [5, 5.41) is 39.7. The Morgan fingerprint density at radius 2 is 1.29 bits per heavy atom. The molecule has 150 valence electrons. The summed E-state index contributed by atoms with van der Waals surface area (Å²) in [5.74, 6) is -5.55. The zero-order chi connectivity index (χ0) is 21.2. The zero-order valence-corrected chi connectivity index (χ0v) is 15.6. The van der Waals surface area contributed by atoms with E-state index in [4.69, 9.17) is 0 Å². The molecule has 4 N–H and O–H groups in total. The third-order valence-corrected chi connectivity index (χ3v) is 4.52. The van der Waals surface area contributed by atoms with E-state index in [1.807, 2.05) is 0 Å². The topological polar surface area (TPSA) is 149 Å². The number of ketones is 4. The summed E-state index contributed by atoms with van der Waals surface area (Å²) in [6.07, 6.45) is 0.434. The van der Waals surface area contributed by atoms with Crippen molar-refractivity contribution >= 4 is 23.1 Å². The van der Waals surface area contributed by atoms with Crippen molar-refractivity contribution in [3.05, 3.63) is 46.0 Å². The van der Waals surface area contributed by atoms with E-state index in [9.17, 15) is 39.6 Å². The Morgan fingerprint density at radius 1 is 0.786 bits per heavy atom. The lowest BCUT2D eigenvalue weighted by Gasteiger charge is -2.22. The van der Waals surface area contributed by atoms with Gasteiger partial charge in [-0.15, -0.1) is 0 Å². The van der Waals surface area contributed by atoms with E-state index in [0.29, 0.717) is 6.08 Å². The van der Waals surface area contributed by atoms with Crippen LogP contribution in [0.15, 0.2) is 46.0 Å². The maximum Gasteiger partial charge on any atom is 0.237 e. The molecule has 28 heavy (non-hydrogen) atoms. The van der Waals surface area contributed by atoms with Gasteiger partial charge >= 0.3 is 0 Å². The number of carbonyl (C=O) groups is 4. The minimum absolute atomic E-state index is 0.0529. The lowest BCUT2D eigenvalue weighted by molar-refractivity contribution is -0.133. The standard InChI is InChI=1S/C20H22O8/c1-9(21)3-5-11-7-14(24)20(28)17(18(11)26)16-12(6-4-10(2)22)13(23)8-15(25)19(16)27/h7-10,21-23,26H,3-6H2,1-2H3. The number of rotatable bonds is 7. The van der Waals surface area contributed by atoms with Crippen LogP contribution in [0.5, 0.6) is 0 Å². The Hall–Kier alpha value is -2.84. The first-order valence-electron chi connectivity index (χ1n) is 8.86. The molecule has 0 saturated carbocycles. The summed E-state index contributed by atoms with van der Waals surface area (Å²) in [4.78, 5) is 49.0. The van der Waals surface area contributed by atoms with Gasteiger partial charge in [-0.05, 0) is 51.2 Å². The minimum atomic E-state index is -1.17. The maximum atomic E-state index is 12.5. The largest absolute Gasteiger partial charge is 0.508 e. The summed E-state index contributed by atoms with van der Waals surface area (Å²) in [5.41, 5.74) is -1.20. The van der Waals surface area contributed by atoms with E-state index in [-0.39, 0.29) is 36.8 Å². The third kappa shape index (κ3) is 4.35. The first-order valence-corrected chi connectivity index (χ1v) is 8.86. The van der Waals surface area contributed by atoms with Crippen molar-refractivity contribution in [2.45, 2.75) is 51.7 Å². The van der Waals surface area contributed by atoms with Crippen molar-refractivity contribution in [3.63, 3.8) is 0 Å². The van der Waals surface area contributed by atoms with E-state index >= 15 is 0 Å². The van der Waals surface area contributed by atoms with Crippen molar-refractivity contribution in [2.75, 3.05) is 0 Å². The molecular weight excluding hydrogens is 368 g/mol. The average Bonchev–Trinajstić information content (AvgIpc) is 2.60. The molecule has 0 aromatic rings. The van der Waals surface area contributed by atoms with Crippen LogP contribution in [0.4, 0.5) is 0 Å². The Balaban J connectivity index is 2.65. The fraction of sp³-hybridized carbons (Fsp3) is 0.400. The Labute approximate surface area is 161 Å². The number of allylic oxidation sites excluding steroid dienone is 6. The monoisotopic (exact) mass is 390 g/mol. The first-order chi connectivity index (χ1) is 13.0. The molecule has 0 fully saturated rings. The van der Waals surface area contributed by atoms with Crippen LogP contribution in [0.2, 0.25) is 0 Å². The molecule has 0 amide bonds. The van der Waals surface area contributed by atoms with Gasteiger partial charge in [-0.25, -0.2) is 0 Å². The molecule has 8 nitrogen and oxygen atoms in total. The molecule has 0 saturated heterocycles. The van der Waals surface area contributed by atoms with Gasteiger partial charge in [0.25, 0.3) is 0 Å². The molecule has 0 aromatic heterocycles. The van der Waals surface area contributed by atoms with Crippen LogP contribution >= 0.6 is 0 Å². The Morgan fingerprint density at radius 3 is 1.86 bits per heavy atom. The quantitative estimate of drug-likeness (QED) is 0.373. The van der Waals surface area contributed by atoms with E-state index in [2.05, 4.69) is 0 Å². The van der Waals surface area contributed by atoms with Crippen molar-refractivity contribution < 1.29 is 39.6 Å². The molecule has 0 spiro atoms. The normalized spacial score (nSPS) is 20.4. The fourth-order valence-corrected chi connectivity index (χ4v) is 3.01. The first kappa shape index (κ1) is 21.5. The van der Waals surface area contributed by atoms with Gasteiger partial charge in [-0.1, -0.05) is 0 Å². The van der Waals surface area contributed by atoms with Crippen LogP contribution in [-0.2, 0) is 19.2 Å². The van der Waals surface area contributed by atoms with E-state index < -0.39 is 58.0 Å². The molecule has 8 heteroatoms. The second-order valence-electron chi connectivity index (χ2n) is 6.94. The van der Waals surface area contributed by atoms with E-state index in [1.165, 1.54) is 13.8 Å². The highest BCUT2D eigenvalue weighted by Crippen LogP contribution is 2.35. The number of aliphatic hydroxyl groups excluding tert-OH is 4. The van der Waals surface area contributed by atoms with E-state index in [1.54, 1.807) is 0 Å². The number of carbonyl (C=O) groups excluding carboxylic acids is 4. The maximum absolute atomic E-state index is 12.5. The number of Topliss-reactive ketones (excluding diaryl/α,β-unsaturated/α-hetero) is 2. The van der Waals surface area contributed by atoms with Crippen LogP contribution in [0.3, 0.4) is 0 Å².